The molecule has 7 nitrogen and oxygen atoms in total. The molecule has 1 atom stereocenters. The number of amides is 1. The number of hydrogen-bond donors (Lipinski definition) is 1. The predicted molar refractivity (Wildman–Crippen MR) is 79.3 cm³/mol. The Hall–Kier alpha value is -2.18. The summed E-state index contributed by atoms with van der Waals surface area (Å²) in [5.74, 6) is -0.333. The van der Waals surface area contributed by atoms with Crippen LogP contribution >= 0.6 is 0 Å². The highest BCUT2D eigenvalue weighted by Gasteiger charge is 2.34. The second-order valence-corrected chi connectivity index (χ2v) is 5.97. The highest BCUT2D eigenvalue weighted by molar-refractivity contribution is 5.74. The summed E-state index contributed by atoms with van der Waals surface area (Å²) in [6.07, 6.45) is 6.36. The second-order valence-electron chi connectivity index (χ2n) is 5.97. The first-order valence-corrected chi connectivity index (χ1v) is 7.63. The van der Waals surface area contributed by atoms with Crippen LogP contribution in [0.25, 0.3) is 0 Å². The van der Waals surface area contributed by atoms with Gasteiger partial charge in [0.25, 0.3) is 0 Å². The summed E-state index contributed by atoms with van der Waals surface area (Å²) >= 11 is 0. The number of carbonyl (C=O) groups is 2. The molecule has 1 amide bonds. The molecular weight excluding hydrogens is 284 g/mol. The monoisotopic (exact) mass is 304 g/mol. The van der Waals surface area contributed by atoms with Crippen molar-refractivity contribution in [2.45, 2.75) is 32.2 Å². The maximum absolute atomic E-state index is 11.8. The smallest absolute Gasteiger partial charge is 0.310 e. The van der Waals surface area contributed by atoms with Crippen LogP contribution < -0.4 is 4.90 Å². The maximum Gasteiger partial charge on any atom is 0.310 e. The molecule has 0 radical (unpaired) electrons. The van der Waals surface area contributed by atoms with E-state index in [1.54, 1.807) is 19.3 Å². The van der Waals surface area contributed by atoms with Gasteiger partial charge in [0.2, 0.25) is 5.91 Å². The van der Waals surface area contributed by atoms with E-state index < -0.39 is 5.97 Å². The van der Waals surface area contributed by atoms with Crippen LogP contribution in [-0.2, 0) is 9.59 Å². The van der Waals surface area contributed by atoms with Gasteiger partial charge in [0, 0.05) is 26.6 Å². The SMILES string of the molecule is CC(=O)N1CCCC[C@H]1c1cncc(N2CC(C(=O)O)C2)n1. The molecule has 1 aromatic heterocycles. The van der Waals surface area contributed by atoms with Gasteiger partial charge in [-0.1, -0.05) is 0 Å². The van der Waals surface area contributed by atoms with Crippen LogP contribution in [0.15, 0.2) is 12.4 Å². The quantitative estimate of drug-likeness (QED) is 0.899. The van der Waals surface area contributed by atoms with E-state index in [9.17, 15) is 9.59 Å². The molecule has 0 unspecified atom stereocenters. The van der Waals surface area contributed by atoms with E-state index >= 15 is 0 Å². The van der Waals surface area contributed by atoms with E-state index in [0.29, 0.717) is 18.9 Å². The first-order chi connectivity index (χ1) is 10.6. The Balaban J connectivity index is 1.76. The number of hydrogen-bond acceptors (Lipinski definition) is 5. The summed E-state index contributed by atoms with van der Waals surface area (Å²) in [5, 5.41) is 8.95. The fourth-order valence-corrected chi connectivity index (χ4v) is 3.12. The van der Waals surface area contributed by atoms with Crippen molar-refractivity contribution >= 4 is 17.7 Å². The van der Waals surface area contributed by atoms with Crippen LogP contribution in [0.1, 0.15) is 37.9 Å². The zero-order chi connectivity index (χ0) is 15.7. The number of likely N-dealkylation sites (tertiary alicyclic amines) is 1. The average molecular weight is 304 g/mol. The third-order valence-electron chi connectivity index (χ3n) is 4.44. The normalized spacial score (nSPS) is 22.3. The van der Waals surface area contributed by atoms with Crippen LogP contribution in [0.5, 0.6) is 0 Å². The zero-order valence-electron chi connectivity index (χ0n) is 12.6. The minimum Gasteiger partial charge on any atom is -0.481 e. The van der Waals surface area contributed by atoms with Crippen molar-refractivity contribution in [2.24, 2.45) is 5.92 Å². The van der Waals surface area contributed by atoms with Crippen molar-refractivity contribution in [3.8, 4) is 0 Å². The van der Waals surface area contributed by atoms with Crippen molar-refractivity contribution in [2.75, 3.05) is 24.5 Å². The van der Waals surface area contributed by atoms with Crippen LogP contribution in [-0.4, -0.2) is 51.5 Å². The lowest BCUT2D eigenvalue weighted by molar-refractivity contribution is -0.142. The summed E-state index contributed by atoms with van der Waals surface area (Å²) in [6, 6.07) is -0.0183. The molecule has 2 fully saturated rings. The first kappa shape index (κ1) is 14.7. The highest BCUT2D eigenvalue weighted by Crippen LogP contribution is 2.31. The summed E-state index contributed by atoms with van der Waals surface area (Å²) < 4.78 is 0. The zero-order valence-corrected chi connectivity index (χ0v) is 12.6. The van der Waals surface area contributed by atoms with Gasteiger partial charge in [0.1, 0.15) is 5.82 Å². The Morgan fingerprint density at radius 1 is 1.27 bits per heavy atom. The van der Waals surface area contributed by atoms with Gasteiger partial charge in [-0.15, -0.1) is 0 Å². The topological polar surface area (TPSA) is 86.6 Å². The number of aromatic nitrogens is 2. The lowest BCUT2D eigenvalue weighted by atomic mass is 9.99. The largest absolute Gasteiger partial charge is 0.481 e. The molecule has 0 aliphatic carbocycles. The van der Waals surface area contributed by atoms with Gasteiger partial charge in [-0.2, -0.15) is 0 Å². The maximum atomic E-state index is 11.8. The van der Waals surface area contributed by atoms with Crippen molar-refractivity contribution in [1.29, 1.82) is 0 Å². The number of nitrogens with zero attached hydrogens (tertiary/aromatic N) is 4. The highest BCUT2D eigenvalue weighted by atomic mass is 16.4. The summed E-state index contributed by atoms with van der Waals surface area (Å²) in [4.78, 5) is 35.3. The molecule has 1 N–H and O–H groups in total. The lowest BCUT2D eigenvalue weighted by Crippen LogP contribution is -2.51. The Morgan fingerprint density at radius 3 is 2.73 bits per heavy atom. The number of carboxylic acid groups (broad SMARTS) is 1. The number of carbonyl (C=O) groups excluding carboxylic acids is 1. The number of anilines is 1. The molecule has 3 heterocycles. The Bertz CT molecular complexity index is 586. The van der Waals surface area contributed by atoms with Crippen LogP contribution in [0.4, 0.5) is 5.82 Å². The molecule has 2 aliphatic heterocycles. The number of carboxylic acids is 1. The summed E-state index contributed by atoms with van der Waals surface area (Å²) in [5.41, 5.74) is 0.797. The number of rotatable bonds is 3. The van der Waals surface area contributed by atoms with Crippen molar-refractivity contribution in [3.05, 3.63) is 18.1 Å². The average Bonchev–Trinajstić information content (AvgIpc) is 2.45. The van der Waals surface area contributed by atoms with Crippen molar-refractivity contribution in [1.82, 2.24) is 14.9 Å². The van der Waals surface area contributed by atoms with Gasteiger partial charge < -0.3 is 14.9 Å². The number of aliphatic carboxylic acids is 1. The van der Waals surface area contributed by atoms with Gasteiger partial charge in [0.05, 0.1) is 30.0 Å². The van der Waals surface area contributed by atoms with Gasteiger partial charge in [-0.3, -0.25) is 14.6 Å². The molecule has 0 spiro atoms. The molecule has 118 valence electrons. The summed E-state index contributed by atoms with van der Waals surface area (Å²) in [7, 11) is 0. The molecule has 0 bridgehead atoms. The molecule has 0 aromatic carbocycles. The van der Waals surface area contributed by atoms with E-state index in [1.807, 2.05) is 9.80 Å². The van der Waals surface area contributed by atoms with Crippen LogP contribution in [0.2, 0.25) is 0 Å². The predicted octanol–water partition coefficient (Wildman–Crippen LogP) is 1.07. The van der Waals surface area contributed by atoms with E-state index in [1.165, 1.54) is 0 Å². The Kier molecular flexibility index (Phi) is 3.96. The Labute approximate surface area is 129 Å². The molecule has 7 heteroatoms. The molecule has 2 saturated heterocycles. The lowest BCUT2D eigenvalue weighted by Gasteiger charge is -2.38. The third-order valence-corrected chi connectivity index (χ3v) is 4.44. The van der Waals surface area contributed by atoms with E-state index in [0.717, 1.165) is 31.5 Å². The standard InChI is InChI=1S/C15H20N4O3/c1-10(20)19-5-3-2-4-13(19)12-6-16-7-14(17-12)18-8-11(9-18)15(21)22/h6-7,11,13H,2-5,8-9H2,1H3,(H,21,22)/t13-/m0/s1. The van der Waals surface area contributed by atoms with E-state index in [-0.39, 0.29) is 17.9 Å². The van der Waals surface area contributed by atoms with Gasteiger partial charge in [-0.25, -0.2) is 4.98 Å². The van der Waals surface area contributed by atoms with Gasteiger partial charge in [0.15, 0.2) is 0 Å². The molecule has 22 heavy (non-hydrogen) atoms. The minimum atomic E-state index is -0.768. The van der Waals surface area contributed by atoms with Crippen molar-refractivity contribution in [3.63, 3.8) is 0 Å². The molecule has 1 aromatic rings. The van der Waals surface area contributed by atoms with Crippen LogP contribution in [0, 0.1) is 5.92 Å². The van der Waals surface area contributed by atoms with Gasteiger partial charge >= 0.3 is 5.97 Å². The molecule has 2 aliphatic rings. The third kappa shape index (κ3) is 2.75. The minimum absolute atomic E-state index is 0.0183. The fourth-order valence-electron chi connectivity index (χ4n) is 3.12. The molecular formula is C15H20N4O3. The van der Waals surface area contributed by atoms with E-state index in [4.69, 9.17) is 5.11 Å². The molecule has 3 rings (SSSR count). The fraction of sp³-hybridized carbons (Fsp3) is 0.600. The van der Waals surface area contributed by atoms with Crippen molar-refractivity contribution < 1.29 is 14.7 Å². The molecule has 0 saturated carbocycles. The first-order valence-electron chi connectivity index (χ1n) is 7.63. The van der Waals surface area contributed by atoms with Crippen LogP contribution in [0.3, 0.4) is 0 Å². The van der Waals surface area contributed by atoms with Gasteiger partial charge in [-0.05, 0) is 19.3 Å². The Morgan fingerprint density at radius 2 is 2.05 bits per heavy atom. The number of piperidine rings is 1. The summed E-state index contributed by atoms with van der Waals surface area (Å²) in [6.45, 7) is 3.28. The second kappa shape index (κ2) is 5.90. The van der Waals surface area contributed by atoms with E-state index in [2.05, 4.69) is 9.97 Å².